The Hall–Kier alpha value is -2.50. The van der Waals surface area contributed by atoms with Crippen LogP contribution in [0.1, 0.15) is 29.8 Å². The Balaban J connectivity index is 0.00000127. The molecular formula is C17H18F3NO2. The van der Waals surface area contributed by atoms with E-state index in [1.54, 1.807) is 18.2 Å². The first-order chi connectivity index (χ1) is 10.8. The molecule has 2 aromatic carbocycles. The van der Waals surface area contributed by atoms with Gasteiger partial charge in [-0.05, 0) is 43.3 Å². The summed E-state index contributed by atoms with van der Waals surface area (Å²) in [4.78, 5) is 12.0. The molecule has 0 saturated carbocycles. The Kier molecular flexibility index (Phi) is 6.63. The van der Waals surface area contributed by atoms with Gasteiger partial charge < -0.3 is 10.1 Å². The molecule has 23 heavy (non-hydrogen) atoms. The summed E-state index contributed by atoms with van der Waals surface area (Å²) in [6.07, 6.45) is -4.73. The fourth-order valence-electron chi connectivity index (χ4n) is 1.73. The van der Waals surface area contributed by atoms with Gasteiger partial charge in [0.1, 0.15) is 5.75 Å². The Morgan fingerprint density at radius 3 is 2.17 bits per heavy atom. The molecule has 6 heteroatoms. The predicted octanol–water partition coefficient (Wildman–Crippen LogP) is 5.17. The average Bonchev–Trinajstić information content (AvgIpc) is 2.50. The van der Waals surface area contributed by atoms with Crippen molar-refractivity contribution >= 4 is 11.6 Å². The van der Waals surface area contributed by atoms with Crippen molar-refractivity contribution in [1.29, 1.82) is 0 Å². The molecule has 0 aliphatic rings. The van der Waals surface area contributed by atoms with Crippen molar-refractivity contribution in [3.63, 3.8) is 0 Å². The minimum absolute atomic E-state index is 0.330. The Bertz CT molecular complexity index is 637. The van der Waals surface area contributed by atoms with Gasteiger partial charge in [-0.2, -0.15) is 0 Å². The highest BCUT2D eigenvalue weighted by Crippen LogP contribution is 2.24. The van der Waals surface area contributed by atoms with E-state index in [4.69, 9.17) is 0 Å². The van der Waals surface area contributed by atoms with Crippen molar-refractivity contribution in [2.75, 3.05) is 5.32 Å². The fourth-order valence-corrected chi connectivity index (χ4v) is 1.73. The lowest BCUT2D eigenvalue weighted by Gasteiger charge is -2.10. The van der Waals surface area contributed by atoms with Gasteiger partial charge in [0.25, 0.3) is 5.91 Å². The molecule has 0 atom stereocenters. The van der Waals surface area contributed by atoms with E-state index in [1.807, 2.05) is 26.8 Å². The Morgan fingerprint density at radius 2 is 1.65 bits per heavy atom. The summed E-state index contributed by atoms with van der Waals surface area (Å²) in [7, 11) is 0. The van der Waals surface area contributed by atoms with Crippen molar-refractivity contribution in [3.8, 4) is 5.75 Å². The smallest absolute Gasteiger partial charge is 0.406 e. The summed E-state index contributed by atoms with van der Waals surface area (Å²) < 4.78 is 39.8. The number of halogens is 3. The van der Waals surface area contributed by atoms with Crippen LogP contribution in [-0.4, -0.2) is 12.3 Å². The van der Waals surface area contributed by atoms with Crippen LogP contribution in [0.2, 0.25) is 0 Å². The lowest BCUT2D eigenvalue weighted by Crippen LogP contribution is -2.17. The number of anilines is 1. The summed E-state index contributed by atoms with van der Waals surface area (Å²) >= 11 is 0. The van der Waals surface area contributed by atoms with Crippen LogP contribution in [-0.2, 0) is 0 Å². The number of hydrogen-bond acceptors (Lipinski definition) is 2. The van der Waals surface area contributed by atoms with E-state index >= 15 is 0 Å². The van der Waals surface area contributed by atoms with Gasteiger partial charge in [0.2, 0.25) is 0 Å². The van der Waals surface area contributed by atoms with Gasteiger partial charge in [-0.1, -0.05) is 31.5 Å². The number of nitrogens with one attached hydrogen (secondary N) is 1. The van der Waals surface area contributed by atoms with E-state index in [0.29, 0.717) is 11.3 Å². The quantitative estimate of drug-likeness (QED) is 0.845. The zero-order chi connectivity index (χ0) is 17.5. The summed E-state index contributed by atoms with van der Waals surface area (Å²) in [5.41, 5.74) is 1.80. The molecular weight excluding hydrogens is 307 g/mol. The number of carbonyl (C=O) groups is 1. The molecule has 0 aliphatic carbocycles. The largest absolute Gasteiger partial charge is 0.573 e. The fraction of sp³-hybridized carbons (Fsp3) is 0.235. The molecule has 2 aromatic rings. The monoisotopic (exact) mass is 325 g/mol. The summed E-state index contributed by atoms with van der Waals surface area (Å²) in [6.45, 7) is 5.86. The van der Waals surface area contributed by atoms with E-state index in [9.17, 15) is 18.0 Å². The third-order valence-electron chi connectivity index (χ3n) is 2.63. The molecule has 0 heterocycles. The van der Waals surface area contributed by atoms with Crippen LogP contribution >= 0.6 is 0 Å². The van der Waals surface area contributed by atoms with Crippen LogP contribution in [0.4, 0.5) is 18.9 Å². The number of amides is 1. The maximum atomic E-state index is 12.0. The Morgan fingerprint density at radius 1 is 1.04 bits per heavy atom. The van der Waals surface area contributed by atoms with Crippen molar-refractivity contribution in [1.82, 2.24) is 0 Å². The summed E-state index contributed by atoms with van der Waals surface area (Å²) in [6, 6.07) is 12.0. The minimum atomic E-state index is -4.73. The van der Waals surface area contributed by atoms with E-state index < -0.39 is 6.36 Å². The second-order valence-corrected chi connectivity index (χ2v) is 4.40. The van der Waals surface area contributed by atoms with E-state index in [-0.39, 0.29) is 11.7 Å². The molecule has 0 saturated heterocycles. The third kappa shape index (κ3) is 6.42. The topological polar surface area (TPSA) is 38.3 Å². The van der Waals surface area contributed by atoms with Crippen LogP contribution in [0.3, 0.4) is 0 Å². The number of benzene rings is 2. The summed E-state index contributed by atoms with van der Waals surface area (Å²) in [5, 5.41) is 2.60. The molecule has 0 bridgehead atoms. The third-order valence-corrected chi connectivity index (χ3v) is 2.63. The molecule has 0 unspecified atom stereocenters. The molecule has 0 aromatic heterocycles. The average molecular weight is 325 g/mol. The highest BCUT2D eigenvalue weighted by molar-refractivity contribution is 6.04. The van der Waals surface area contributed by atoms with E-state index in [1.165, 1.54) is 12.1 Å². The maximum absolute atomic E-state index is 12.0. The van der Waals surface area contributed by atoms with Gasteiger partial charge in [0.15, 0.2) is 0 Å². The molecule has 0 fully saturated rings. The maximum Gasteiger partial charge on any atom is 0.573 e. The normalized spacial score (nSPS) is 10.3. The number of hydrogen-bond donors (Lipinski definition) is 1. The lowest BCUT2D eigenvalue weighted by molar-refractivity contribution is -0.274. The molecule has 1 amide bonds. The summed E-state index contributed by atoms with van der Waals surface area (Å²) in [5.74, 6) is -0.667. The zero-order valence-corrected chi connectivity index (χ0v) is 13.1. The van der Waals surface area contributed by atoms with E-state index in [0.717, 1.165) is 17.7 Å². The van der Waals surface area contributed by atoms with Crippen LogP contribution in [0, 0.1) is 6.92 Å². The van der Waals surface area contributed by atoms with Gasteiger partial charge in [-0.25, -0.2) is 0 Å². The molecule has 124 valence electrons. The van der Waals surface area contributed by atoms with Crippen molar-refractivity contribution in [2.45, 2.75) is 27.1 Å². The minimum Gasteiger partial charge on any atom is -0.406 e. The first-order valence-electron chi connectivity index (χ1n) is 7.07. The molecule has 0 radical (unpaired) electrons. The number of alkyl halides is 3. The van der Waals surface area contributed by atoms with Gasteiger partial charge in [-0.15, -0.1) is 13.2 Å². The van der Waals surface area contributed by atoms with Gasteiger partial charge in [0.05, 0.1) is 0 Å². The van der Waals surface area contributed by atoms with Gasteiger partial charge in [0, 0.05) is 11.3 Å². The molecule has 0 aliphatic heterocycles. The standard InChI is InChI=1S/C15H12F3NO2.C2H6/c1-10-3-2-4-11(9-10)14(20)19-12-5-7-13(8-6-12)21-15(16,17)18;1-2/h2-9H,1H3,(H,19,20);1-2H3. The van der Waals surface area contributed by atoms with Crippen LogP contribution in [0.5, 0.6) is 5.75 Å². The first kappa shape index (κ1) is 18.5. The molecule has 2 rings (SSSR count). The highest BCUT2D eigenvalue weighted by Gasteiger charge is 2.30. The molecule has 1 N–H and O–H groups in total. The highest BCUT2D eigenvalue weighted by atomic mass is 19.4. The van der Waals surface area contributed by atoms with E-state index in [2.05, 4.69) is 10.1 Å². The SMILES string of the molecule is CC.Cc1cccc(C(=O)Nc2ccc(OC(F)(F)F)cc2)c1. The number of carbonyl (C=O) groups excluding carboxylic acids is 1. The van der Waals surface area contributed by atoms with Gasteiger partial charge >= 0.3 is 6.36 Å². The second-order valence-electron chi connectivity index (χ2n) is 4.40. The lowest BCUT2D eigenvalue weighted by atomic mass is 10.1. The van der Waals surface area contributed by atoms with Crippen molar-refractivity contribution in [2.24, 2.45) is 0 Å². The zero-order valence-electron chi connectivity index (χ0n) is 13.1. The van der Waals surface area contributed by atoms with Crippen molar-refractivity contribution in [3.05, 3.63) is 59.7 Å². The number of rotatable bonds is 3. The number of ether oxygens (including phenoxy) is 1. The molecule has 3 nitrogen and oxygen atoms in total. The van der Waals surface area contributed by atoms with Crippen LogP contribution < -0.4 is 10.1 Å². The first-order valence-corrected chi connectivity index (χ1v) is 7.07. The second kappa shape index (κ2) is 8.22. The Labute approximate surface area is 133 Å². The number of aryl methyl sites for hydroxylation is 1. The predicted molar refractivity (Wildman–Crippen MR) is 83.6 cm³/mol. The van der Waals surface area contributed by atoms with Gasteiger partial charge in [-0.3, -0.25) is 4.79 Å². The molecule has 0 spiro atoms. The van der Waals surface area contributed by atoms with Crippen molar-refractivity contribution < 1.29 is 22.7 Å². The van der Waals surface area contributed by atoms with Crippen LogP contribution in [0.15, 0.2) is 48.5 Å². The van der Waals surface area contributed by atoms with Crippen LogP contribution in [0.25, 0.3) is 0 Å².